The van der Waals surface area contributed by atoms with E-state index in [-0.39, 0.29) is 5.91 Å². The molecule has 0 radical (unpaired) electrons. The number of carbonyl (C=O) groups excluding carboxylic acids is 1. The molecule has 0 fully saturated rings. The maximum absolute atomic E-state index is 13.3. The number of aromatic nitrogens is 1. The molecule has 144 valence electrons. The van der Waals surface area contributed by atoms with Crippen LogP contribution >= 0.6 is 0 Å². The zero-order valence-corrected chi connectivity index (χ0v) is 16.1. The molecule has 29 heavy (non-hydrogen) atoms. The topological polar surface area (TPSA) is 62.2 Å². The molecule has 1 amide bonds. The Kier molecular flexibility index (Phi) is 5.36. The first-order valence-corrected chi connectivity index (χ1v) is 9.62. The first kappa shape index (κ1) is 18.8. The second-order valence-corrected chi connectivity index (χ2v) is 7.04. The highest BCUT2D eigenvalue weighted by Crippen LogP contribution is 2.26. The van der Waals surface area contributed by atoms with Gasteiger partial charge in [0.1, 0.15) is 0 Å². The van der Waals surface area contributed by atoms with Crippen LogP contribution in [0.15, 0.2) is 91.0 Å². The molecule has 3 aromatic carbocycles. The summed E-state index contributed by atoms with van der Waals surface area (Å²) < 4.78 is 0. The Bertz CT molecular complexity index is 1130. The van der Waals surface area contributed by atoms with Crippen molar-refractivity contribution in [2.24, 2.45) is 0 Å². The standard InChI is InChI=1S/C25H22N2O2/c1-17(28)24(19-12-6-3-7-13-19)27-25(29)21-16-23(18-10-4-2-5-11-18)26-22-15-9-8-14-20(21)22/h2-17,24,28H,1H3,(H,27,29)/t17-,24-/m0/s1. The number of aliphatic hydroxyl groups is 1. The number of amides is 1. The first-order chi connectivity index (χ1) is 14.1. The Morgan fingerprint density at radius 3 is 2.21 bits per heavy atom. The molecule has 0 unspecified atom stereocenters. The molecule has 2 atom stereocenters. The highest BCUT2D eigenvalue weighted by atomic mass is 16.3. The van der Waals surface area contributed by atoms with Crippen molar-refractivity contribution in [3.05, 3.63) is 102 Å². The third-order valence-corrected chi connectivity index (χ3v) is 4.96. The summed E-state index contributed by atoms with van der Waals surface area (Å²) in [6.07, 6.45) is -0.733. The number of carbonyl (C=O) groups is 1. The minimum Gasteiger partial charge on any atom is -0.391 e. The number of aliphatic hydroxyl groups excluding tert-OH is 1. The second kappa shape index (κ2) is 8.25. The summed E-state index contributed by atoms with van der Waals surface area (Å²) in [6.45, 7) is 1.68. The maximum Gasteiger partial charge on any atom is 0.252 e. The predicted octanol–water partition coefficient (Wildman–Crippen LogP) is 4.75. The van der Waals surface area contributed by atoms with Gasteiger partial charge in [-0.15, -0.1) is 0 Å². The molecule has 0 aliphatic heterocycles. The zero-order chi connectivity index (χ0) is 20.2. The molecule has 4 heteroatoms. The fourth-order valence-corrected chi connectivity index (χ4v) is 3.48. The van der Waals surface area contributed by atoms with Gasteiger partial charge in [0.05, 0.1) is 28.9 Å². The van der Waals surface area contributed by atoms with Gasteiger partial charge in [0.25, 0.3) is 5.91 Å². The molecule has 0 aliphatic rings. The Balaban J connectivity index is 1.77. The third kappa shape index (κ3) is 4.03. The summed E-state index contributed by atoms with van der Waals surface area (Å²) in [4.78, 5) is 18.0. The van der Waals surface area contributed by atoms with Gasteiger partial charge >= 0.3 is 0 Å². The summed E-state index contributed by atoms with van der Waals surface area (Å²) in [5.74, 6) is -0.240. The van der Waals surface area contributed by atoms with E-state index in [2.05, 4.69) is 5.32 Å². The van der Waals surface area contributed by atoms with E-state index in [1.165, 1.54) is 0 Å². The molecule has 0 saturated carbocycles. The molecule has 4 rings (SSSR count). The third-order valence-electron chi connectivity index (χ3n) is 4.96. The minimum absolute atomic E-state index is 0.240. The van der Waals surface area contributed by atoms with Crippen LogP contribution in [0.4, 0.5) is 0 Å². The molecular weight excluding hydrogens is 360 g/mol. The Morgan fingerprint density at radius 1 is 0.897 bits per heavy atom. The largest absolute Gasteiger partial charge is 0.391 e. The van der Waals surface area contributed by atoms with Crippen molar-refractivity contribution in [3.63, 3.8) is 0 Å². The molecule has 1 heterocycles. The van der Waals surface area contributed by atoms with Crippen molar-refractivity contribution in [1.82, 2.24) is 10.3 Å². The summed E-state index contributed by atoms with van der Waals surface area (Å²) in [7, 11) is 0. The van der Waals surface area contributed by atoms with E-state index in [1.807, 2.05) is 91.0 Å². The Hall–Kier alpha value is -3.50. The van der Waals surface area contributed by atoms with Crippen molar-refractivity contribution >= 4 is 16.8 Å². The van der Waals surface area contributed by atoms with Gasteiger partial charge in [-0.05, 0) is 24.6 Å². The van der Waals surface area contributed by atoms with Gasteiger partial charge in [0, 0.05) is 10.9 Å². The van der Waals surface area contributed by atoms with Crippen molar-refractivity contribution < 1.29 is 9.90 Å². The fourth-order valence-electron chi connectivity index (χ4n) is 3.48. The number of hydrogen-bond acceptors (Lipinski definition) is 3. The summed E-state index contributed by atoms with van der Waals surface area (Å²) in [5.41, 5.74) is 3.84. The van der Waals surface area contributed by atoms with Crippen LogP contribution in [-0.4, -0.2) is 22.1 Å². The highest BCUT2D eigenvalue weighted by Gasteiger charge is 2.22. The van der Waals surface area contributed by atoms with Gasteiger partial charge in [-0.25, -0.2) is 4.98 Å². The number of benzene rings is 3. The second-order valence-electron chi connectivity index (χ2n) is 7.04. The van der Waals surface area contributed by atoms with Gasteiger partial charge < -0.3 is 10.4 Å². The van der Waals surface area contributed by atoms with E-state index < -0.39 is 12.1 Å². The lowest BCUT2D eigenvalue weighted by Gasteiger charge is -2.22. The van der Waals surface area contributed by atoms with Crippen LogP contribution in [0, 0.1) is 0 Å². The van der Waals surface area contributed by atoms with E-state index in [4.69, 9.17) is 4.98 Å². The van der Waals surface area contributed by atoms with Crippen LogP contribution in [0.25, 0.3) is 22.2 Å². The van der Waals surface area contributed by atoms with Crippen LogP contribution in [0.3, 0.4) is 0 Å². The molecule has 2 N–H and O–H groups in total. The first-order valence-electron chi connectivity index (χ1n) is 9.62. The van der Waals surface area contributed by atoms with Crippen LogP contribution in [0.2, 0.25) is 0 Å². The molecule has 4 aromatic rings. The van der Waals surface area contributed by atoms with Crippen molar-refractivity contribution in [2.75, 3.05) is 0 Å². The lowest BCUT2D eigenvalue weighted by atomic mass is 10.00. The maximum atomic E-state index is 13.3. The Labute approximate surface area is 169 Å². The van der Waals surface area contributed by atoms with Crippen LogP contribution in [0.1, 0.15) is 28.9 Å². The highest BCUT2D eigenvalue weighted by molar-refractivity contribution is 6.07. The molecule has 0 spiro atoms. The van der Waals surface area contributed by atoms with Crippen molar-refractivity contribution in [2.45, 2.75) is 19.1 Å². The van der Waals surface area contributed by atoms with Gasteiger partial charge in [-0.2, -0.15) is 0 Å². The number of nitrogens with one attached hydrogen (secondary N) is 1. The smallest absolute Gasteiger partial charge is 0.252 e. The van der Waals surface area contributed by atoms with Crippen LogP contribution in [-0.2, 0) is 0 Å². The van der Waals surface area contributed by atoms with E-state index in [9.17, 15) is 9.90 Å². The average Bonchev–Trinajstić information content (AvgIpc) is 2.77. The molecule has 0 saturated heterocycles. The number of nitrogens with zero attached hydrogens (tertiary/aromatic N) is 1. The Morgan fingerprint density at radius 2 is 1.52 bits per heavy atom. The number of pyridine rings is 1. The predicted molar refractivity (Wildman–Crippen MR) is 116 cm³/mol. The molecule has 0 aliphatic carbocycles. The summed E-state index contributed by atoms with van der Waals surface area (Å²) in [5, 5.41) is 14.1. The van der Waals surface area contributed by atoms with Crippen LogP contribution < -0.4 is 5.32 Å². The van der Waals surface area contributed by atoms with Gasteiger partial charge in [0.2, 0.25) is 0 Å². The van der Waals surface area contributed by atoms with E-state index in [0.29, 0.717) is 5.56 Å². The quantitative estimate of drug-likeness (QED) is 0.523. The van der Waals surface area contributed by atoms with E-state index in [1.54, 1.807) is 6.92 Å². The molecule has 4 nitrogen and oxygen atoms in total. The minimum atomic E-state index is -0.733. The normalized spacial score (nSPS) is 13.0. The van der Waals surface area contributed by atoms with Crippen LogP contribution in [0.5, 0.6) is 0 Å². The SMILES string of the molecule is C[C@H](O)[C@H](NC(=O)c1cc(-c2ccccc2)nc2ccccc12)c1ccccc1. The monoisotopic (exact) mass is 382 g/mol. The molecular formula is C25H22N2O2. The lowest BCUT2D eigenvalue weighted by Crippen LogP contribution is -2.35. The van der Waals surface area contributed by atoms with E-state index >= 15 is 0 Å². The van der Waals surface area contributed by atoms with Crippen molar-refractivity contribution in [3.8, 4) is 11.3 Å². The lowest BCUT2D eigenvalue weighted by molar-refractivity contribution is 0.0860. The van der Waals surface area contributed by atoms with Crippen molar-refractivity contribution in [1.29, 1.82) is 0 Å². The number of para-hydroxylation sites is 1. The van der Waals surface area contributed by atoms with Gasteiger partial charge in [-0.1, -0.05) is 78.9 Å². The summed E-state index contributed by atoms with van der Waals surface area (Å²) >= 11 is 0. The average molecular weight is 382 g/mol. The zero-order valence-electron chi connectivity index (χ0n) is 16.1. The van der Waals surface area contributed by atoms with Gasteiger partial charge in [-0.3, -0.25) is 4.79 Å². The van der Waals surface area contributed by atoms with Gasteiger partial charge in [0.15, 0.2) is 0 Å². The summed E-state index contributed by atoms with van der Waals surface area (Å²) in [6, 6.07) is 28.2. The fraction of sp³-hybridized carbons (Fsp3) is 0.120. The molecule has 1 aromatic heterocycles. The van der Waals surface area contributed by atoms with E-state index in [0.717, 1.165) is 27.7 Å². The number of hydrogen-bond donors (Lipinski definition) is 2. The number of rotatable bonds is 5. The number of fused-ring (bicyclic) bond motifs is 1. The molecule has 0 bridgehead atoms.